The van der Waals surface area contributed by atoms with E-state index in [1.165, 1.54) is 0 Å². The van der Waals surface area contributed by atoms with Gasteiger partial charge in [0.2, 0.25) is 11.9 Å². The van der Waals surface area contributed by atoms with Gasteiger partial charge in [-0.05, 0) is 13.8 Å². The molecule has 2 aromatic heterocycles. The number of ether oxygens (including phenoxy) is 1. The third kappa shape index (κ3) is 3.09. The summed E-state index contributed by atoms with van der Waals surface area (Å²) >= 11 is 0. The molecule has 2 heterocycles. The van der Waals surface area contributed by atoms with E-state index in [2.05, 4.69) is 20.1 Å². The Morgan fingerprint density at radius 3 is 2.58 bits per heavy atom. The number of aryl methyl sites for hydroxylation is 1. The lowest BCUT2D eigenvalue weighted by atomic mass is 10.5. The molecule has 8 nitrogen and oxygen atoms in total. The van der Waals surface area contributed by atoms with Gasteiger partial charge < -0.3 is 15.4 Å². The van der Waals surface area contributed by atoms with Crippen molar-refractivity contribution in [2.45, 2.75) is 13.8 Å². The SMILES string of the molecule is CCN(CC)c1nc(N)nc(Oc2cnn(C)c2)n1. The maximum absolute atomic E-state index is 5.68. The zero-order valence-electron chi connectivity index (χ0n) is 11.2. The van der Waals surface area contributed by atoms with Gasteiger partial charge in [0, 0.05) is 20.1 Å². The summed E-state index contributed by atoms with van der Waals surface area (Å²) in [6.45, 7) is 5.61. The molecule has 102 valence electrons. The normalized spacial score (nSPS) is 10.5. The molecule has 0 aliphatic rings. The quantitative estimate of drug-likeness (QED) is 0.853. The first kappa shape index (κ1) is 13.1. The second-order valence-corrected chi connectivity index (χ2v) is 3.90. The molecule has 0 saturated carbocycles. The molecule has 2 N–H and O–H groups in total. The summed E-state index contributed by atoms with van der Waals surface area (Å²) in [5.41, 5.74) is 5.68. The molecule has 0 bridgehead atoms. The van der Waals surface area contributed by atoms with Crippen molar-refractivity contribution in [2.24, 2.45) is 7.05 Å². The molecule has 0 aliphatic carbocycles. The predicted octanol–water partition coefficient (Wildman–Crippen LogP) is 0.826. The molecule has 0 spiro atoms. The van der Waals surface area contributed by atoms with Crippen molar-refractivity contribution >= 4 is 11.9 Å². The van der Waals surface area contributed by atoms with Crippen LogP contribution in [0.15, 0.2) is 12.4 Å². The number of hydrogen-bond acceptors (Lipinski definition) is 7. The second kappa shape index (κ2) is 5.51. The topological polar surface area (TPSA) is 95.0 Å². The fourth-order valence-corrected chi connectivity index (χ4v) is 1.61. The average molecular weight is 263 g/mol. The van der Waals surface area contributed by atoms with Crippen LogP contribution in [0.4, 0.5) is 11.9 Å². The van der Waals surface area contributed by atoms with Crippen molar-refractivity contribution in [3.8, 4) is 11.8 Å². The van der Waals surface area contributed by atoms with E-state index in [-0.39, 0.29) is 12.0 Å². The Kier molecular flexibility index (Phi) is 3.79. The van der Waals surface area contributed by atoms with Gasteiger partial charge in [0.25, 0.3) is 0 Å². The molecule has 0 unspecified atom stereocenters. The minimum atomic E-state index is 0.135. The minimum absolute atomic E-state index is 0.135. The molecule has 0 atom stereocenters. The lowest BCUT2D eigenvalue weighted by Gasteiger charge is -2.18. The first-order valence-electron chi connectivity index (χ1n) is 6.05. The molecular formula is C11H17N7O. The number of hydrogen-bond donors (Lipinski definition) is 1. The van der Waals surface area contributed by atoms with Crippen molar-refractivity contribution < 1.29 is 4.74 Å². The van der Waals surface area contributed by atoms with E-state index in [4.69, 9.17) is 10.5 Å². The van der Waals surface area contributed by atoms with E-state index in [0.717, 1.165) is 13.1 Å². The third-order valence-corrected chi connectivity index (χ3v) is 2.56. The number of anilines is 2. The highest BCUT2D eigenvalue weighted by atomic mass is 16.5. The molecule has 0 radical (unpaired) electrons. The standard InChI is InChI=1S/C11H17N7O/c1-4-18(5-2)10-14-9(12)15-11(16-10)19-8-6-13-17(3)7-8/h6-7H,4-5H2,1-3H3,(H2,12,14,15,16). The van der Waals surface area contributed by atoms with Gasteiger partial charge in [-0.25, -0.2) is 0 Å². The van der Waals surface area contributed by atoms with Crippen LogP contribution in [0.1, 0.15) is 13.8 Å². The van der Waals surface area contributed by atoms with Crippen LogP contribution in [0, 0.1) is 0 Å². The van der Waals surface area contributed by atoms with Gasteiger partial charge in [0.15, 0.2) is 5.75 Å². The lowest BCUT2D eigenvalue weighted by molar-refractivity contribution is 0.440. The van der Waals surface area contributed by atoms with Crippen molar-refractivity contribution in [3.63, 3.8) is 0 Å². The Labute approximate surface area is 111 Å². The Balaban J connectivity index is 2.25. The smallest absolute Gasteiger partial charge is 0.328 e. The summed E-state index contributed by atoms with van der Waals surface area (Å²) in [5, 5.41) is 4.00. The van der Waals surface area contributed by atoms with Gasteiger partial charge in [-0.1, -0.05) is 0 Å². The van der Waals surface area contributed by atoms with Gasteiger partial charge in [-0.15, -0.1) is 0 Å². The highest BCUT2D eigenvalue weighted by molar-refractivity contribution is 5.36. The Morgan fingerprint density at radius 2 is 2.00 bits per heavy atom. The molecule has 8 heteroatoms. The van der Waals surface area contributed by atoms with Crippen LogP contribution in [0.25, 0.3) is 0 Å². The van der Waals surface area contributed by atoms with Gasteiger partial charge >= 0.3 is 6.01 Å². The molecule has 19 heavy (non-hydrogen) atoms. The monoisotopic (exact) mass is 263 g/mol. The van der Waals surface area contributed by atoms with Crippen LogP contribution in [-0.4, -0.2) is 37.8 Å². The van der Waals surface area contributed by atoms with E-state index in [0.29, 0.717) is 11.7 Å². The molecule has 0 fully saturated rings. The van der Waals surface area contributed by atoms with E-state index in [1.807, 2.05) is 18.7 Å². The van der Waals surface area contributed by atoms with E-state index >= 15 is 0 Å². The fraction of sp³-hybridized carbons (Fsp3) is 0.455. The van der Waals surface area contributed by atoms with Crippen LogP contribution in [0.5, 0.6) is 11.8 Å². The third-order valence-electron chi connectivity index (χ3n) is 2.56. The van der Waals surface area contributed by atoms with Crippen molar-refractivity contribution in [3.05, 3.63) is 12.4 Å². The van der Waals surface area contributed by atoms with Gasteiger partial charge in [0.1, 0.15) is 0 Å². The summed E-state index contributed by atoms with van der Waals surface area (Å²) in [4.78, 5) is 14.3. The second-order valence-electron chi connectivity index (χ2n) is 3.90. The summed E-state index contributed by atoms with van der Waals surface area (Å²) in [6.07, 6.45) is 3.30. The molecule has 0 saturated heterocycles. The number of nitrogens with zero attached hydrogens (tertiary/aromatic N) is 6. The van der Waals surface area contributed by atoms with Crippen molar-refractivity contribution in [2.75, 3.05) is 23.7 Å². The number of nitrogen functional groups attached to an aromatic ring is 1. The van der Waals surface area contributed by atoms with E-state index in [9.17, 15) is 0 Å². The lowest BCUT2D eigenvalue weighted by Crippen LogP contribution is -2.25. The van der Waals surface area contributed by atoms with Gasteiger partial charge in [-0.2, -0.15) is 20.1 Å². The summed E-state index contributed by atoms with van der Waals surface area (Å²) < 4.78 is 7.14. The molecule has 2 rings (SSSR count). The number of nitrogens with two attached hydrogens (primary N) is 1. The predicted molar refractivity (Wildman–Crippen MR) is 71.1 cm³/mol. The fourth-order valence-electron chi connectivity index (χ4n) is 1.61. The highest BCUT2D eigenvalue weighted by Gasteiger charge is 2.11. The number of aromatic nitrogens is 5. The Bertz CT molecular complexity index is 550. The number of rotatable bonds is 5. The van der Waals surface area contributed by atoms with Crippen LogP contribution in [0.2, 0.25) is 0 Å². The van der Waals surface area contributed by atoms with Crippen LogP contribution < -0.4 is 15.4 Å². The zero-order chi connectivity index (χ0) is 13.8. The zero-order valence-corrected chi connectivity index (χ0v) is 11.2. The minimum Gasteiger partial charge on any atom is -0.421 e. The summed E-state index contributed by atoms with van der Waals surface area (Å²) in [5.74, 6) is 1.20. The molecule has 0 amide bonds. The Morgan fingerprint density at radius 1 is 1.26 bits per heavy atom. The summed E-state index contributed by atoms with van der Waals surface area (Å²) in [7, 11) is 1.80. The average Bonchev–Trinajstić information content (AvgIpc) is 2.75. The van der Waals surface area contributed by atoms with E-state index < -0.39 is 0 Å². The molecule has 0 aliphatic heterocycles. The molecule has 2 aromatic rings. The highest BCUT2D eigenvalue weighted by Crippen LogP contribution is 2.19. The van der Waals surface area contributed by atoms with Gasteiger partial charge in [0.05, 0.1) is 12.4 Å². The Hall–Kier alpha value is -2.38. The van der Waals surface area contributed by atoms with E-state index in [1.54, 1.807) is 24.1 Å². The maximum atomic E-state index is 5.68. The van der Waals surface area contributed by atoms with Gasteiger partial charge in [-0.3, -0.25) is 4.68 Å². The largest absolute Gasteiger partial charge is 0.421 e. The first-order valence-corrected chi connectivity index (χ1v) is 6.05. The van der Waals surface area contributed by atoms with Crippen LogP contribution in [-0.2, 0) is 7.05 Å². The van der Waals surface area contributed by atoms with Crippen LogP contribution in [0.3, 0.4) is 0 Å². The van der Waals surface area contributed by atoms with Crippen molar-refractivity contribution in [1.29, 1.82) is 0 Å². The first-order chi connectivity index (χ1) is 9.12. The van der Waals surface area contributed by atoms with Crippen LogP contribution >= 0.6 is 0 Å². The molecule has 0 aromatic carbocycles. The van der Waals surface area contributed by atoms with Crippen molar-refractivity contribution in [1.82, 2.24) is 24.7 Å². The maximum Gasteiger partial charge on any atom is 0.328 e. The summed E-state index contributed by atoms with van der Waals surface area (Å²) in [6, 6.07) is 0.169. The molecular weight excluding hydrogens is 246 g/mol.